The lowest BCUT2D eigenvalue weighted by Gasteiger charge is -2.53. The summed E-state index contributed by atoms with van der Waals surface area (Å²) in [6.07, 6.45) is 0. The first kappa shape index (κ1) is 21.8. The lowest BCUT2D eigenvalue weighted by molar-refractivity contribution is -0.136. The average molecular weight is 369 g/mol. The second-order valence-corrected chi connectivity index (χ2v) is 19.8. The van der Waals surface area contributed by atoms with Gasteiger partial charge < -0.3 is 5.11 Å². The van der Waals surface area contributed by atoms with Crippen LogP contribution in [-0.4, -0.2) is 44.2 Å². The Bertz CT molecular complexity index is 445. The van der Waals surface area contributed by atoms with Crippen molar-refractivity contribution in [2.45, 2.75) is 81.8 Å². The highest BCUT2D eigenvalue weighted by Gasteiger charge is 2.72. The molecule has 0 bridgehead atoms. The molecule has 0 aromatic heterocycles. The molecule has 2 N–H and O–H groups in total. The van der Waals surface area contributed by atoms with E-state index in [0.717, 1.165) is 0 Å². The minimum absolute atomic E-state index is 0.556. The predicted octanol–water partition coefficient (Wildman–Crippen LogP) is 3.79. The first-order chi connectivity index (χ1) is 10.1. The van der Waals surface area contributed by atoms with Crippen LogP contribution in [0.4, 0.5) is 0 Å². The van der Waals surface area contributed by atoms with Crippen molar-refractivity contribution in [3.8, 4) is 0 Å². The van der Waals surface area contributed by atoms with Crippen LogP contribution in [0.1, 0.15) is 41.5 Å². The molecule has 0 aromatic rings. The van der Waals surface area contributed by atoms with Gasteiger partial charge in [-0.15, -0.1) is 0 Å². The molecule has 0 aliphatic rings. The number of rotatable bonds is 10. The molecule has 0 unspecified atom stereocenters. The van der Waals surface area contributed by atoms with Gasteiger partial charge in [-0.05, 0) is 0 Å². The van der Waals surface area contributed by atoms with Crippen LogP contribution in [0.15, 0.2) is 0 Å². The Balaban J connectivity index is 7.16. The number of carboxylic acids is 1. The normalized spacial score (nSPS) is 14.1. The van der Waals surface area contributed by atoms with Gasteiger partial charge in [-0.3, -0.25) is 9.35 Å². The quantitative estimate of drug-likeness (QED) is 0.452. The molecule has 0 aliphatic carbocycles. The van der Waals surface area contributed by atoms with Crippen molar-refractivity contribution in [3.05, 3.63) is 0 Å². The molecule has 0 atom stereocenters. The van der Waals surface area contributed by atoms with Gasteiger partial charge in [0.2, 0.25) is 0 Å². The van der Waals surface area contributed by atoms with Crippen LogP contribution in [0.3, 0.4) is 0 Å². The van der Waals surface area contributed by atoms with Crippen molar-refractivity contribution in [2.24, 2.45) is 0 Å². The smallest absolute Gasteiger partial charge is 0.321 e. The summed E-state index contributed by atoms with van der Waals surface area (Å²) in [5.41, 5.74) is 0. The van der Waals surface area contributed by atoms with Crippen LogP contribution in [0.5, 0.6) is 0 Å². The Labute approximate surface area is 137 Å². The van der Waals surface area contributed by atoms with Gasteiger partial charge in [-0.25, -0.2) is 0 Å². The van der Waals surface area contributed by atoms with Crippen LogP contribution in [0, 0.1) is 0 Å². The molecule has 22 heavy (non-hydrogen) atoms. The summed E-state index contributed by atoms with van der Waals surface area (Å²) in [5.74, 6) is -1.30. The van der Waals surface area contributed by atoms with E-state index in [2.05, 4.69) is 0 Å². The van der Waals surface area contributed by atoms with Crippen molar-refractivity contribution >= 4 is 32.2 Å². The molecule has 0 saturated carbocycles. The van der Waals surface area contributed by atoms with Crippen LogP contribution in [0.25, 0.3) is 0 Å². The summed E-state index contributed by atoms with van der Waals surface area (Å²) in [6.45, 7) is 11.3. The lowest BCUT2D eigenvalue weighted by atomic mass is 10.8. The van der Waals surface area contributed by atoms with E-state index in [9.17, 15) is 22.9 Å². The van der Waals surface area contributed by atoms with Gasteiger partial charge >= 0.3 is 5.97 Å². The van der Waals surface area contributed by atoms with Crippen molar-refractivity contribution < 1.29 is 22.9 Å². The summed E-state index contributed by atoms with van der Waals surface area (Å²) >= 11 is 0. The summed E-state index contributed by atoms with van der Waals surface area (Å²) in [6, 6.07) is 3.34. The molecule has 0 heterocycles. The van der Waals surface area contributed by atoms with Gasteiger partial charge in [0.05, 0.1) is 16.1 Å². The van der Waals surface area contributed by atoms with Gasteiger partial charge in [0, 0.05) is 0 Å². The number of carbonyl (C=O) groups is 1. The van der Waals surface area contributed by atoms with E-state index in [1.807, 2.05) is 41.5 Å². The second-order valence-electron chi connectivity index (χ2n) is 6.14. The molecule has 0 spiro atoms. The van der Waals surface area contributed by atoms with E-state index in [1.165, 1.54) is 0 Å². The molecule has 0 aromatic carbocycles. The van der Waals surface area contributed by atoms with Gasteiger partial charge in [-0.1, -0.05) is 77.8 Å². The maximum atomic E-state index is 12.6. The molecule has 8 heteroatoms. The fourth-order valence-electron chi connectivity index (χ4n) is 4.67. The van der Waals surface area contributed by atoms with E-state index < -0.39 is 36.2 Å². The lowest BCUT2D eigenvalue weighted by Crippen LogP contribution is -2.79. The van der Waals surface area contributed by atoms with Crippen molar-refractivity contribution in [1.82, 2.24) is 0 Å². The summed E-state index contributed by atoms with van der Waals surface area (Å²) < 4.78 is 33.5. The average Bonchev–Trinajstić information content (AvgIpc) is 2.47. The van der Waals surface area contributed by atoms with E-state index in [0.29, 0.717) is 36.3 Å². The first-order valence-corrected chi connectivity index (χ1v) is 14.9. The molecule has 0 saturated heterocycles. The second kappa shape index (κ2) is 7.59. The third-order valence-corrected chi connectivity index (χ3v) is 26.1. The molecule has 0 radical (unpaired) electrons. The van der Waals surface area contributed by atoms with Crippen molar-refractivity contribution in [1.29, 1.82) is 0 Å². The van der Waals surface area contributed by atoms with E-state index in [1.54, 1.807) is 0 Å². The van der Waals surface area contributed by atoms with Gasteiger partial charge in [0.25, 0.3) is 10.1 Å². The SMILES string of the molecule is CC[Si](CC)(CC)C(C(=O)O)([Si](CC)(CC)CC)S(=O)(=O)O. The number of hydrogen-bond acceptors (Lipinski definition) is 3. The fourth-order valence-corrected chi connectivity index (χ4v) is 26.4. The Morgan fingerprint density at radius 1 is 0.818 bits per heavy atom. The topological polar surface area (TPSA) is 91.7 Å². The van der Waals surface area contributed by atoms with Gasteiger partial charge in [-0.2, -0.15) is 8.42 Å². The maximum absolute atomic E-state index is 12.6. The van der Waals surface area contributed by atoms with E-state index in [-0.39, 0.29) is 0 Å². The molecular formula is C14H32O5SSi2. The minimum atomic E-state index is -4.69. The summed E-state index contributed by atoms with van der Waals surface area (Å²) in [7, 11) is -10.2. The van der Waals surface area contributed by atoms with Crippen molar-refractivity contribution in [2.75, 3.05) is 0 Å². The molecule has 5 nitrogen and oxygen atoms in total. The van der Waals surface area contributed by atoms with Crippen LogP contribution in [-0.2, 0) is 14.9 Å². The number of carboxylic acid groups (broad SMARTS) is 1. The highest BCUT2D eigenvalue weighted by Crippen LogP contribution is 2.48. The summed E-state index contributed by atoms with van der Waals surface area (Å²) in [5, 5.41) is 10.1. The monoisotopic (exact) mass is 368 g/mol. The highest BCUT2D eigenvalue weighted by atomic mass is 32.2. The largest absolute Gasteiger partial charge is 0.480 e. The Morgan fingerprint density at radius 3 is 1.14 bits per heavy atom. The Kier molecular flexibility index (Phi) is 7.52. The zero-order valence-corrected chi connectivity index (χ0v) is 17.6. The highest BCUT2D eigenvalue weighted by molar-refractivity contribution is 7.93. The zero-order valence-electron chi connectivity index (χ0n) is 14.8. The molecular weight excluding hydrogens is 336 g/mol. The minimum Gasteiger partial charge on any atom is -0.480 e. The zero-order chi connectivity index (χ0) is 17.8. The number of hydrogen-bond donors (Lipinski definition) is 2. The predicted molar refractivity (Wildman–Crippen MR) is 96.3 cm³/mol. The van der Waals surface area contributed by atoms with E-state index >= 15 is 0 Å². The van der Waals surface area contributed by atoms with E-state index in [4.69, 9.17) is 0 Å². The third-order valence-electron chi connectivity index (χ3n) is 6.24. The molecule has 0 amide bonds. The standard InChI is InChI=1S/C14H32O5SSi2/c1-7-21(8-2,9-3)14(13(15)16,20(17,18)19)22(10-4,11-5)12-6/h7-12H2,1-6H3,(H,15,16)(H,17,18,19). The molecule has 0 aliphatic heterocycles. The van der Waals surface area contributed by atoms with Gasteiger partial charge in [0.15, 0.2) is 3.99 Å². The van der Waals surface area contributed by atoms with Crippen LogP contribution >= 0.6 is 0 Å². The third kappa shape index (κ3) is 2.72. The molecule has 0 fully saturated rings. The molecule has 132 valence electrons. The van der Waals surface area contributed by atoms with Crippen LogP contribution < -0.4 is 0 Å². The maximum Gasteiger partial charge on any atom is 0.321 e. The number of aliphatic carboxylic acids is 1. The fraction of sp³-hybridized carbons (Fsp3) is 0.929. The van der Waals surface area contributed by atoms with Crippen LogP contribution in [0.2, 0.25) is 36.3 Å². The Hall–Kier alpha value is -0.186. The van der Waals surface area contributed by atoms with Crippen molar-refractivity contribution in [3.63, 3.8) is 0 Å². The summed E-state index contributed by atoms with van der Waals surface area (Å²) in [4.78, 5) is 12.4. The molecule has 0 rings (SSSR count). The Morgan fingerprint density at radius 2 is 1.05 bits per heavy atom. The first-order valence-electron chi connectivity index (χ1n) is 8.26. The van der Waals surface area contributed by atoms with Gasteiger partial charge in [0.1, 0.15) is 0 Å².